The molecule has 0 amide bonds. The van der Waals surface area contributed by atoms with Crippen molar-refractivity contribution in [2.24, 2.45) is 0 Å². The van der Waals surface area contributed by atoms with Crippen LogP contribution in [0.25, 0.3) is 0 Å². The van der Waals surface area contributed by atoms with E-state index in [0.717, 1.165) is 22.3 Å². The number of nitrogen functional groups attached to an aromatic ring is 1. The Labute approximate surface area is 91.5 Å². The standard InChI is InChI=1S/C7H6FN5O2S/c8-3-1-13(7(15)10-6(3)14)2-4-5(9)16-12-11-4/h1H,2,9H2,(H,10,14,15). The van der Waals surface area contributed by atoms with E-state index in [0.29, 0.717) is 10.7 Å². The summed E-state index contributed by atoms with van der Waals surface area (Å²) >= 11 is 0.972. The first-order chi connectivity index (χ1) is 7.58. The van der Waals surface area contributed by atoms with Gasteiger partial charge < -0.3 is 5.73 Å². The number of aromatic amines is 1. The summed E-state index contributed by atoms with van der Waals surface area (Å²) in [5.41, 5.74) is 4.10. The molecular formula is C7H6FN5O2S. The number of nitrogens with zero attached hydrogens (tertiary/aromatic N) is 3. The molecule has 0 saturated carbocycles. The minimum absolute atomic E-state index is 0.0329. The molecule has 16 heavy (non-hydrogen) atoms. The number of aromatic nitrogens is 4. The fourth-order valence-corrected chi connectivity index (χ4v) is 1.52. The highest BCUT2D eigenvalue weighted by Crippen LogP contribution is 2.12. The summed E-state index contributed by atoms with van der Waals surface area (Å²) in [6, 6.07) is 0. The number of H-pyrrole nitrogens is 1. The van der Waals surface area contributed by atoms with E-state index in [1.807, 2.05) is 4.98 Å². The van der Waals surface area contributed by atoms with Crippen LogP contribution in [0.15, 0.2) is 15.8 Å². The first-order valence-electron chi connectivity index (χ1n) is 4.14. The molecule has 0 fully saturated rings. The minimum atomic E-state index is -1.05. The van der Waals surface area contributed by atoms with E-state index in [4.69, 9.17) is 5.73 Å². The molecular weight excluding hydrogens is 237 g/mol. The van der Waals surface area contributed by atoms with E-state index in [-0.39, 0.29) is 6.54 Å². The zero-order valence-corrected chi connectivity index (χ0v) is 8.62. The summed E-state index contributed by atoms with van der Waals surface area (Å²) in [5.74, 6) is -1.04. The smallest absolute Gasteiger partial charge is 0.328 e. The van der Waals surface area contributed by atoms with Gasteiger partial charge in [-0.05, 0) is 0 Å². The Morgan fingerprint density at radius 3 is 2.94 bits per heavy atom. The van der Waals surface area contributed by atoms with Crippen molar-refractivity contribution >= 4 is 16.5 Å². The maximum absolute atomic E-state index is 12.9. The summed E-state index contributed by atoms with van der Waals surface area (Å²) in [5, 5.41) is 4.02. The van der Waals surface area contributed by atoms with Crippen molar-refractivity contribution in [3.63, 3.8) is 0 Å². The molecule has 0 atom stereocenters. The van der Waals surface area contributed by atoms with Crippen LogP contribution in [0.3, 0.4) is 0 Å². The molecule has 0 radical (unpaired) electrons. The Balaban J connectivity index is 2.43. The normalized spacial score (nSPS) is 10.6. The van der Waals surface area contributed by atoms with Crippen LogP contribution >= 0.6 is 11.5 Å². The largest absolute Gasteiger partial charge is 0.388 e. The van der Waals surface area contributed by atoms with Crippen LogP contribution in [-0.4, -0.2) is 19.1 Å². The highest BCUT2D eigenvalue weighted by Gasteiger charge is 2.08. The van der Waals surface area contributed by atoms with Crippen LogP contribution in [0.1, 0.15) is 5.69 Å². The van der Waals surface area contributed by atoms with Gasteiger partial charge in [0.25, 0.3) is 5.56 Å². The predicted molar refractivity (Wildman–Crippen MR) is 54.7 cm³/mol. The monoisotopic (exact) mass is 243 g/mol. The van der Waals surface area contributed by atoms with E-state index in [2.05, 4.69) is 9.59 Å². The minimum Gasteiger partial charge on any atom is -0.388 e. The molecule has 0 aromatic carbocycles. The topological polar surface area (TPSA) is 107 Å². The highest BCUT2D eigenvalue weighted by molar-refractivity contribution is 7.09. The number of nitrogens with one attached hydrogen (secondary N) is 1. The highest BCUT2D eigenvalue weighted by atomic mass is 32.1. The second kappa shape index (κ2) is 3.85. The second-order valence-corrected chi connectivity index (χ2v) is 3.73. The van der Waals surface area contributed by atoms with Crippen molar-refractivity contribution in [2.45, 2.75) is 6.54 Å². The van der Waals surface area contributed by atoms with Crippen LogP contribution in [0, 0.1) is 5.82 Å². The van der Waals surface area contributed by atoms with Crippen molar-refractivity contribution in [3.05, 3.63) is 38.5 Å². The van der Waals surface area contributed by atoms with Crippen LogP contribution < -0.4 is 17.0 Å². The molecule has 0 aliphatic rings. The molecule has 0 aliphatic heterocycles. The fourth-order valence-electron chi connectivity index (χ4n) is 1.09. The molecule has 3 N–H and O–H groups in total. The lowest BCUT2D eigenvalue weighted by molar-refractivity contribution is 0.564. The van der Waals surface area contributed by atoms with Crippen LogP contribution in [0.4, 0.5) is 9.39 Å². The van der Waals surface area contributed by atoms with Crippen molar-refractivity contribution in [2.75, 3.05) is 5.73 Å². The average Bonchev–Trinajstić information content (AvgIpc) is 2.61. The fraction of sp³-hybridized carbons (Fsp3) is 0.143. The summed E-state index contributed by atoms with van der Waals surface area (Å²) in [6.45, 7) is -0.0329. The van der Waals surface area contributed by atoms with E-state index < -0.39 is 17.1 Å². The summed E-state index contributed by atoms with van der Waals surface area (Å²) in [4.78, 5) is 23.9. The maximum Gasteiger partial charge on any atom is 0.328 e. The van der Waals surface area contributed by atoms with Crippen LogP contribution in [0.5, 0.6) is 0 Å². The summed E-state index contributed by atoms with van der Waals surface area (Å²) in [7, 11) is 0. The Bertz CT molecular complexity index is 630. The van der Waals surface area contributed by atoms with Crippen molar-refractivity contribution in [1.29, 1.82) is 0 Å². The van der Waals surface area contributed by atoms with Gasteiger partial charge in [-0.15, -0.1) is 5.10 Å². The molecule has 9 heteroatoms. The molecule has 84 valence electrons. The molecule has 0 bridgehead atoms. The van der Waals surface area contributed by atoms with Gasteiger partial charge in [0.15, 0.2) is 0 Å². The van der Waals surface area contributed by atoms with Crippen molar-refractivity contribution in [3.8, 4) is 0 Å². The molecule has 7 nitrogen and oxygen atoms in total. The first-order valence-corrected chi connectivity index (χ1v) is 4.91. The maximum atomic E-state index is 12.9. The lowest BCUT2D eigenvalue weighted by atomic mass is 10.4. The molecule has 2 heterocycles. The number of halogens is 1. The third-order valence-corrected chi connectivity index (χ3v) is 2.47. The van der Waals surface area contributed by atoms with Crippen molar-refractivity contribution in [1.82, 2.24) is 19.1 Å². The van der Waals surface area contributed by atoms with Gasteiger partial charge in [-0.1, -0.05) is 4.49 Å². The van der Waals surface area contributed by atoms with Crippen molar-refractivity contribution < 1.29 is 4.39 Å². The molecule has 0 unspecified atom stereocenters. The Morgan fingerprint density at radius 2 is 2.31 bits per heavy atom. The number of hydrogen-bond acceptors (Lipinski definition) is 6. The predicted octanol–water partition coefficient (Wildman–Crippen LogP) is -0.842. The zero-order chi connectivity index (χ0) is 11.7. The Morgan fingerprint density at radius 1 is 1.56 bits per heavy atom. The van der Waals surface area contributed by atoms with Gasteiger partial charge in [-0.2, -0.15) is 4.39 Å². The summed E-state index contributed by atoms with van der Waals surface area (Å²) in [6.07, 6.45) is 0.806. The van der Waals surface area contributed by atoms with Gasteiger partial charge in [0.1, 0.15) is 10.7 Å². The van der Waals surface area contributed by atoms with Gasteiger partial charge in [-0.25, -0.2) is 4.79 Å². The Kier molecular flexibility index (Phi) is 2.52. The number of anilines is 1. The number of hydrogen-bond donors (Lipinski definition) is 2. The van der Waals surface area contributed by atoms with Gasteiger partial charge in [0, 0.05) is 11.5 Å². The summed E-state index contributed by atoms with van der Waals surface area (Å²) < 4.78 is 17.5. The van der Waals surface area contributed by atoms with Crippen LogP contribution in [-0.2, 0) is 6.54 Å². The third-order valence-electron chi connectivity index (χ3n) is 1.87. The van der Waals surface area contributed by atoms with E-state index in [1.54, 1.807) is 0 Å². The van der Waals surface area contributed by atoms with E-state index in [1.165, 1.54) is 0 Å². The lowest BCUT2D eigenvalue weighted by Gasteiger charge is -2.01. The first kappa shape index (κ1) is 10.5. The quantitative estimate of drug-likeness (QED) is 0.715. The molecule has 2 rings (SSSR count). The zero-order valence-electron chi connectivity index (χ0n) is 7.81. The molecule has 2 aromatic rings. The number of rotatable bonds is 2. The molecule has 0 aliphatic carbocycles. The molecule has 2 aromatic heterocycles. The third kappa shape index (κ3) is 1.84. The lowest BCUT2D eigenvalue weighted by Crippen LogP contribution is -2.31. The van der Waals surface area contributed by atoms with Gasteiger partial charge in [0.2, 0.25) is 5.82 Å². The molecule has 0 spiro atoms. The molecule has 0 saturated heterocycles. The van der Waals surface area contributed by atoms with E-state index >= 15 is 0 Å². The van der Waals surface area contributed by atoms with Crippen LogP contribution in [0.2, 0.25) is 0 Å². The SMILES string of the molecule is Nc1snnc1Cn1cc(F)c(=O)[nH]c1=O. The van der Waals surface area contributed by atoms with Gasteiger partial charge in [-0.3, -0.25) is 14.3 Å². The van der Waals surface area contributed by atoms with Gasteiger partial charge >= 0.3 is 5.69 Å². The van der Waals surface area contributed by atoms with E-state index in [9.17, 15) is 14.0 Å². The average molecular weight is 243 g/mol. The number of nitrogens with two attached hydrogens (primary N) is 1. The Hall–Kier alpha value is -2.03. The van der Waals surface area contributed by atoms with Gasteiger partial charge in [0.05, 0.1) is 12.7 Å². The second-order valence-electron chi connectivity index (χ2n) is 2.95.